The molecule has 0 aliphatic carbocycles. The van der Waals surface area contributed by atoms with Crippen LogP contribution in [-0.4, -0.2) is 93.8 Å². The van der Waals surface area contributed by atoms with Crippen molar-refractivity contribution in [3.8, 4) is 0 Å². The Labute approximate surface area is 143 Å². The quantitative estimate of drug-likeness (QED) is 0.755. The summed E-state index contributed by atoms with van der Waals surface area (Å²) in [5.74, 6) is 1.04. The molecule has 2 fully saturated rings. The molecule has 2 atom stereocenters. The van der Waals surface area contributed by atoms with Crippen LogP contribution in [0.3, 0.4) is 0 Å². The highest BCUT2D eigenvalue weighted by Gasteiger charge is 2.33. The van der Waals surface area contributed by atoms with Gasteiger partial charge in [-0.05, 0) is 13.5 Å². The minimum atomic E-state index is -0.127. The molecule has 0 radical (unpaired) electrons. The number of likely N-dealkylation sites (N-methyl/N-ethyl adjacent to an activating group) is 1. The van der Waals surface area contributed by atoms with Gasteiger partial charge >= 0.3 is 0 Å². The van der Waals surface area contributed by atoms with Crippen LogP contribution in [0.5, 0.6) is 0 Å². The minimum absolute atomic E-state index is 0.126. The van der Waals surface area contributed by atoms with Crippen LogP contribution in [0, 0.1) is 0 Å². The maximum Gasteiger partial charge on any atom is 0.239 e. The van der Waals surface area contributed by atoms with Crippen molar-refractivity contribution in [3.63, 3.8) is 0 Å². The summed E-state index contributed by atoms with van der Waals surface area (Å²) in [6.07, 6.45) is 1.55. The van der Waals surface area contributed by atoms with Gasteiger partial charge in [0.15, 0.2) is 5.82 Å². The Hall–Kier alpha value is -1.51. The third kappa shape index (κ3) is 3.60. The SMILES string of the molecule is CCN1CCN(C(=O)[C@H](C)N2CCO[C@@H](c3nncn3C)C2)CC1. The number of piperazine rings is 1. The van der Waals surface area contributed by atoms with Crippen LogP contribution in [0.4, 0.5) is 0 Å². The summed E-state index contributed by atoms with van der Waals surface area (Å²) in [5, 5.41) is 8.07. The Morgan fingerprint density at radius 1 is 1.33 bits per heavy atom. The predicted molar refractivity (Wildman–Crippen MR) is 89.4 cm³/mol. The zero-order chi connectivity index (χ0) is 17.1. The van der Waals surface area contributed by atoms with E-state index in [1.807, 2.05) is 23.4 Å². The summed E-state index contributed by atoms with van der Waals surface area (Å²) in [4.78, 5) is 19.4. The number of aryl methyl sites for hydroxylation is 1. The highest BCUT2D eigenvalue weighted by atomic mass is 16.5. The minimum Gasteiger partial charge on any atom is -0.368 e. The number of carbonyl (C=O) groups is 1. The van der Waals surface area contributed by atoms with E-state index in [2.05, 4.69) is 26.9 Å². The van der Waals surface area contributed by atoms with Gasteiger partial charge in [0.25, 0.3) is 0 Å². The molecule has 24 heavy (non-hydrogen) atoms. The Morgan fingerprint density at radius 3 is 2.71 bits per heavy atom. The maximum atomic E-state index is 12.8. The lowest BCUT2D eigenvalue weighted by Crippen LogP contribution is -2.56. The van der Waals surface area contributed by atoms with E-state index in [1.165, 1.54) is 0 Å². The standard InChI is InChI=1S/C16H28N6O2/c1-4-20-5-7-21(8-6-20)16(23)13(2)22-9-10-24-14(11-22)15-18-17-12-19(15)3/h12-14H,4-11H2,1-3H3/t13-,14+/m0/s1. The monoisotopic (exact) mass is 336 g/mol. The number of aromatic nitrogens is 3. The maximum absolute atomic E-state index is 12.8. The molecule has 8 nitrogen and oxygen atoms in total. The van der Waals surface area contributed by atoms with Gasteiger partial charge in [0, 0.05) is 46.3 Å². The van der Waals surface area contributed by atoms with Crippen molar-refractivity contribution in [1.82, 2.24) is 29.5 Å². The molecule has 0 aromatic carbocycles. The first-order valence-corrected chi connectivity index (χ1v) is 8.80. The number of rotatable bonds is 4. The van der Waals surface area contributed by atoms with Crippen LogP contribution in [0.1, 0.15) is 25.8 Å². The smallest absolute Gasteiger partial charge is 0.239 e. The number of morpholine rings is 1. The summed E-state index contributed by atoms with van der Waals surface area (Å²) in [6, 6.07) is -0.127. The van der Waals surface area contributed by atoms with E-state index in [1.54, 1.807) is 6.33 Å². The van der Waals surface area contributed by atoms with Gasteiger partial charge in [0.05, 0.1) is 12.6 Å². The number of carbonyl (C=O) groups excluding carboxylic acids is 1. The highest BCUT2D eigenvalue weighted by Crippen LogP contribution is 2.22. The van der Waals surface area contributed by atoms with Crippen LogP contribution < -0.4 is 0 Å². The zero-order valence-electron chi connectivity index (χ0n) is 14.9. The van der Waals surface area contributed by atoms with E-state index in [9.17, 15) is 4.79 Å². The van der Waals surface area contributed by atoms with E-state index >= 15 is 0 Å². The van der Waals surface area contributed by atoms with E-state index in [0.717, 1.165) is 45.1 Å². The highest BCUT2D eigenvalue weighted by molar-refractivity contribution is 5.81. The number of hydrogen-bond donors (Lipinski definition) is 0. The summed E-state index contributed by atoms with van der Waals surface area (Å²) < 4.78 is 7.72. The third-order valence-electron chi connectivity index (χ3n) is 5.17. The molecule has 0 spiro atoms. The van der Waals surface area contributed by atoms with Crippen molar-refractivity contribution in [2.75, 3.05) is 52.4 Å². The number of amides is 1. The second-order valence-corrected chi connectivity index (χ2v) is 6.59. The molecular weight excluding hydrogens is 308 g/mol. The topological polar surface area (TPSA) is 66.7 Å². The van der Waals surface area contributed by atoms with Crippen molar-refractivity contribution >= 4 is 5.91 Å². The van der Waals surface area contributed by atoms with Gasteiger partial charge in [0.2, 0.25) is 5.91 Å². The van der Waals surface area contributed by atoms with Gasteiger partial charge in [-0.3, -0.25) is 9.69 Å². The van der Waals surface area contributed by atoms with Crippen molar-refractivity contribution in [1.29, 1.82) is 0 Å². The van der Waals surface area contributed by atoms with Crippen molar-refractivity contribution in [2.24, 2.45) is 7.05 Å². The molecular formula is C16H28N6O2. The number of ether oxygens (including phenoxy) is 1. The summed E-state index contributed by atoms with van der Waals surface area (Å²) in [7, 11) is 1.92. The Balaban J connectivity index is 1.59. The molecule has 1 aromatic rings. The lowest BCUT2D eigenvalue weighted by atomic mass is 10.1. The molecule has 1 aromatic heterocycles. The van der Waals surface area contributed by atoms with Gasteiger partial charge < -0.3 is 19.1 Å². The second kappa shape index (κ2) is 7.58. The average molecular weight is 336 g/mol. The van der Waals surface area contributed by atoms with Gasteiger partial charge in [-0.2, -0.15) is 0 Å². The van der Waals surface area contributed by atoms with Crippen molar-refractivity contribution in [3.05, 3.63) is 12.2 Å². The van der Waals surface area contributed by atoms with Crippen LogP contribution in [0.2, 0.25) is 0 Å². The summed E-state index contributed by atoms with van der Waals surface area (Å²) >= 11 is 0. The van der Waals surface area contributed by atoms with E-state index in [-0.39, 0.29) is 18.1 Å². The molecule has 8 heteroatoms. The van der Waals surface area contributed by atoms with Crippen LogP contribution in [-0.2, 0) is 16.6 Å². The molecule has 1 amide bonds. The van der Waals surface area contributed by atoms with Gasteiger partial charge in [0.1, 0.15) is 12.4 Å². The fourth-order valence-electron chi connectivity index (χ4n) is 3.47. The van der Waals surface area contributed by atoms with Crippen LogP contribution >= 0.6 is 0 Å². The summed E-state index contributed by atoms with van der Waals surface area (Å²) in [6.45, 7) is 10.9. The molecule has 0 unspecified atom stereocenters. The molecule has 0 bridgehead atoms. The Kier molecular flexibility index (Phi) is 5.47. The van der Waals surface area contributed by atoms with Crippen molar-refractivity contribution < 1.29 is 9.53 Å². The number of nitrogens with zero attached hydrogens (tertiary/aromatic N) is 6. The van der Waals surface area contributed by atoms with E-state index < -0.39 is 0 Å². The Morgan fingerprint density at radius 2 is 2.08 bits per heavy atom. The van der Waals surface area contributed by atoms with Crippen molar-refractivity contribution in [2.45, 2.75) is 26.0 Å². The van der Waals surface area contributed by atoms with Crippen LogP contribution in [0.15, 0.2) is 6.33 Å². The molecule has 2 aliphatic heterocycles. The van der Waals surface area contributed by atoms with E-state index in [0.29, 0.717) is 13.2 Å². The first-order valence-electron chi connectivity index (χ1n) is 8.80. The summed E-state index contributed by atoms with van der Waals surface area (Å²) in [5.41, 5.74) is 0. The zero-order valence-corrected chi connectivity index (χ0v) is 14.9. The normalized spacial score (nSPS) is 25.0. The lowest BCUT2D eigenvalue weighted by Gasteiger charge is -2.40. The predicted octanol–water partition coefficient (Wildman–Crippen LogP) is -0.259. The van der Waals surface area contributed by atoms with Gasteiger partial charge in [-0.1, -0.05) is 6.92 Å². The van der Waals surface area contributed by atoms with E-state index in [4.69, 9.17) is 4.74 Å². The Bertz CT molecular complexity index is 555. The van der Waals surface area contributed by atoms with Gasteiger partial charge in [-0.25, -0.2) is 0 Å². The lowest BCUT2D eigenvalue weighted by molar-refractivity contribution is -0.141. The fraction of sp³-hybridized carbons (Fsp3) is 0.812. The molecule has 2 saturated heterocycles. The first-order chi connectivity index (χ1) is 11.6. The fourth-order valence-corrected chi connectivity index (χ4v) is 3.47. The molecule has 3 rings (SSSR count). The van der Waals surface area contributed by atoms with Gasteiger partial charge in [-0.15, -0.1) is 10.2 Å². The average Bonchev–Trinajstić information content (AvgIpc) is 3.06. The largest absolute Gasteiger partial charge is 0.368 e. The molecule has 0 saturated carbocycles. The first kappa shape index (κ1) is 17.3. The number of hydrogen-bond acceptors (Lipinski definition) is 6. The third-order valence-corrected chi connectivity index (χ3v) is 5.17. The second-order valence-electron chi connectivity index (χ2n) is 6.59. The van der Waals surface area contributed by atoms with Crippen LogP contribution in [0.25, 0.3) is 0 Å². The molecule has 0 N–H and O–H groups in total. The molecule has 134 valence electrons. The molecule has 3 heterocycles. The molecule has 2 aliphatic rings.